The van der Waals surface area contributed by atoms with Gasteiger partial charge in [0.25, 0.3) is 0 Å². The summed E-state index contributed by atoms with van der Waals surface area (Å²) in [4.78, 5) is 14.6. The van der Waals surface area contributed by atoms with E-state index in [4.69, 9.17) is 0 Å². The van der Waals surface area contributed by atoms with Crippen molar-refractivity contribution in [2.75, 3.05) is 19.6 Å². The first-order valence-corrected chi connectivity index (χ1v) is 7.92. The minimum atomic E-state index is 0.257. The molecule has 0 N–H and O–H groups in total. The summed E-state index contributed by atoms with van der Waals surface area (Å²) in [5.41, 5.74) is 2.04. The van der Waals surface area contributed by atoms with Gasteiger partial charge in [-0.25, -0.2) is 0 Å². The van der Waals surface area contributed by atoms with Gasteiger partial charge in [-0.15, -0.1) is 0 Å². The van der Waals surface area contributed by atoms with Crippen LogP contribution in [0, 0.1) is 12.8 Å². The zero-order valence-corrected chi connectivity index (χ0v) is 13.5. The van der Waals surface area contributed by atoms with Crippen LogP contribution in [0.1, 0.15) is 56.0 Å². The number of rotatable bonds is 9. The van der Waals surface area contributed by atoms with Crippen molar-refractivity contribution >= 4 is 5.78 Å². The molecule has 0 saturated heterocycles. The molecule has 1 aromatic carbocycles. The smallest absolute Gasteiger partial charge is 0.164 e. The number of benzene rings is 1. The Morgan fingerprint density at radius 3 is 2.20 bits per heavy atom. The molecule has 0 amide bonds. The largest absolute Gasteiger partial charge is 0.303 e. The fraction of sp³-hybridized carbons (Fsp3) is 0.611. The van der Waals surface area contributed by atoms with Crippen molar-refractivity contribution in [2.24, 2.45) is 5.92 Å². The highest BCUT2D eigenvalue weighted by atomic mass is 16.1. The molecule has 0 unspecified atom stereocenters. The second kappa shape index (κ2) is 8.91. The predicted octanol–water partition coefficient (Wildman–Crippen LogP) is 4.33. The van der Waals surface area contributed by atoms with E-state index in [2.05, 4.69) is 25.7 Å². The normalized spacial score (nSPS) is 11.3. The van der Waals surface area contributed by atoms with E-state index in [0.29, 0.717) is 6.42 Å². The molecule has 1 rings (SSSR count). The Morgan fingerprint density at radius 2 is 1.70 bits per heavy atom. The fourth-order valence-corrected chi connectivity index (χ4v) is 2.43. The van der Waals surface area contributed by atoms with E-state index in [-0.39, 0.29) is 5.78 Å². The minimum absolute atomic E-state index is 0.257. The molecule has 2 nitrogen and oxygen atoms in total. The van der Waals surface area contributed by atoms with E-state index in [1.807, 2.05) is 31.2 Å². The number of carbonyl (C=O) groups is 1. The van der Waals surface area contributed by atoms with Crippen molar-refractivity contribution in [1.29, 1.82) is 0 Å². The van der Waals surface area contributed by atoms with E-state index in [1.54, 1.807) is 0 Å². The van der Waals surface area contributed by atoms with Gasteiger partial charge < -0.3 is 4.90 Å². The SMILES string of the molecule is CCC(CC)CN(CC)CCC(=O)c1ccc(C)cc1. The average Bonchev–Trinajstić information content (AvgIpc) is 2.48. The van der Waals surface area contributed by atoms with Crippen molar-refractivity contribution in [3.05, 3.63) is 35.4 Å². The maximum absolute atomic E-state index is 12.2. The molecule has 0 saturated carbocycles. The Kier molecular flexibility index (Phi) is 7.53. The molecule has 0 bridgehead atoms. The Morgan fingerprint density at radius 1 is 1.10 bits per heavy atom. The molecule has 0 fully saturated rings. The molecule has 0 radical (unpaired) electrons. The summed E-state index contributed by atoms with van der Waals surface area (Å²) < 4.78 is 0. The monoisotopic (exact) mass is 275 g/mol. The van der Waals surface area contributed by atoms with Crippen molar-refractivity contribution in [1.82, 2.24) is 4.90 Å². The molecule has 2 heteroatoms. The number of ketones is 1. The molecule has 0 aliphatic rings. The average molecular weight is 275 g/mol. The van der Waals surface area contributed by atoms with Crippen LogP contribution in [0.25, 0.3) is 0 Å². The maximum atomic E-state index is 12.2. The van der Waals surface area contributed by atoms with E-state index in [9.17, 15) is 4.79 Å². The zero-order chi connectivity index (χ0) is 15.0. The summed E-state index contributed by atoms with van der Waals surface area (Å²) >= 11 is 0. The molecular weight excluding hydrogens is 246 g/mol. The number of nitrogens with zero attached hydrogens (tertiary/aromatic N) is 1. The van der Waals surface area contributed by atoms with E-state index >= 15 is 0 Å². The van der Waals surface area contributed by atoms with Crippen molar-refractivity contribution in [3.63, 3.8) is 0 Å². The lowest BCUT2D eigenvalue weighted by atomic mass is 10.0. The van der Waals surface area contributed by atoms with Gasteiger partial charge in [0, 0.05) is 25.1 Å². The number of hydrogen-bond donors (Lipinski definition) is 0. The lowest BCUT2D eigenvalue weighted by Crippen LogP contribution is -2.31. The van der Waals surface area contributed by atoms with Crippen molar-refractivity contribution < 1.29 is 4.79 Å². The van der Waals surface area contributed by atoms with Gasteiger partial charge in [0.2, 0.25) is 0 Å². The van der Waals surface area contributed by atoms with Gasteiger partial charge in [-0.1, -0.05) is 63.4 Å². The summed E-state index contributed by atoms with van der Waals surface area (Å²) in [6.07, 6.45) is 3.06. The fourth-order valence-electron chi connectivity index (χ4n) is 2.43. The Labute approximate surface area is 124 Å². The van der Waals surface area contributed by atoms with E-state index < -0.39 is 0 Å². The first-order chi connectivity index (χ1) is 9.60. The number of hydrogen-bond acceptors (Lipinski definition) is 2. The Balaban J connectivity index is 2.47. The third-order valence-corrected chi connectivity index (χ3v) is 4.15. The molecule has 0 aliphatic carbocycles. The second-order valence-corrected chi connectivity index (χ2v) is 5.61. The lowest BCUT2D eigenvalue weighted by molar-refractivity contribution is 0.0960. The van der Waals surface area contributed by atoms with Gasteiger partial charge in [-0.05, 0) is 19.4 Å². The first-order valence-electron chi connectivity index (χ1n) is 7.92. The number of carbonyl (C=O) groups excluding carboxylic acids is 1. The van der Waals surface area contributed by atoms with Crippen LogP contribution < -0.4 is 0 Å². The first kappa shape index (κ1) is 16.9. The van der Waals surface area contributed by atoms with Crippen LogP contribution in [-0.4, -0.2) is 30.3 Å². The summed E-state index contributed by atoms with van der Waals surface area (Å²) in [5, 5.41) is 0. The summed E-state index contributed by atoms with van der Waals surface area (Å²) in [6, 6.07) is 7.90. The number of Topliss-reactive ketones (excluding diaryl/α,β-unsaturated/α-hetero) is 1. The molecule has 20 heavy (non-hydrogen) atoms. The van der Waals surface area contributed by atoms with Gasteiger partial charge in [-0.2, -0.15) is 0 Å². The summed E-state index contributed by atoms with van der Waals surface area (Å²) in [6.45, 7) is 11.7. The van der Waals surface area contributed by atoms with Crippen LogP contribution in [0.15, 0.2) is 24.3 Å². The minimum Gasteiger partial charge on any atom is -0.303 e. The van der Waals surface area contributed by atoms with Crippen LogP contribution in [-0.2, 0) is 0 Å². The topological polar surface area (TPSA) is 20.3 Å². The molecule has 1 aromatic rings. The second-order valence-electron chi connectivity index (χ2n) is 5.61. The van der Waals surface area contributed by atoms with Crippen LogP contribution >= 0.6 is 0 Å². The van der Waals surface area contributed by atoms with E-state index in [1.165, 1.54) is 18.4 Å². The van der Waals surface area contributed by atoms with Gasteiger partial charge in [0.05, 0.1) is 0 Å². The number of aryl methyl sites for hydroxylation is 1. The van der Waals surface area contributed by atoms with Crippen molar-refractivity contribution in [3.8, 4) is 0 Å². The summed E-state index contributed by atoms with van der Waals surface area (Å²) in [7, 11) is 0. The highest BCUT2D eigenvalue weighted by molar-refractivity contribution is 5.96. The van der Waals surface area contributed by atoms with Crippen LogP contribution in [0.2, 0.25) is 0 Å². The molecular formula is C18H29NO. The van der Waals surface area contributed by atoms with Gasteiger partial charge in [0.15, 0.2) is 5.78 Å². The molecule has 0 aliphatic heterocycles. The summed E-state index contributed by atoms with van der Waals surface area (Å²) in [5.74, 6) is 1.01. The standard InChI is InChI=1S/C18H29NO/c1-5-16(6-2)14-19(7-3)13-12-18(20)17-10-8-15(4)9-11-17/h8-11,16H,5-7,12-14H2,1-4H3. The van der Waals surface area contributed by atoms with Crippen molar-refractivity contribution in [2.45, 2.75) is 47.0 Å². The maximum Gasteiger partial charge on any atom is 0.164 e. The van der Waals surface area contributed by atoms with Gasteiger partial charge in [0.1, 0.15) is 0 Å². The third-order valence-electron chi connectivity index (χ3n) is 4.15. The van der Waals surface area contributed by atoms with Crippen LogP contribution in [0.5, 0.6) is 0 Å². The lowest BCUT2D eigenvalue weighted by Gasteiger charge is -2.24. The zero-order valence-electron chi connectivity index (χ0n) is 13.5. The molecule has 112 valence electrons. The molecule has 0 heterocycles. The predicted molar refractivity (Wildman–Crippen MR) is 86.3 cm³/mol. The quantitative estimate of drug-likeness (QED) is 0.625. The van der Waals surface area contributed by atoms with Gasteiger partial charge in [-0.3, -0.25) is 4.79 Å². The third kappa shape index (κ3) is 5.46. The van der Waals surface area contributed by atoms with Crippen LogP contribution in [0.4, 0.5) is 0 Å². The highest BCUT2D eigenvalue weighted by Gasteiger charge is 2.12. The molecule has 0 aromatic heterocycles. The Hall–Kier alpha value is -1.15. The highest BCUT2D eigenvalue weighted by Crippen LogP contribution is 2.11. The van der Waals surface area contributed by atoms with Crippen LogP contribution in [0.3, 0.4) is 0 Å². The van der Waals surface area contributed by atoms with Gasteiger partial charge >= 0.3 is 0 Å². The molecule has 0 atom stereocenters. The Bertz CT molecular complexity index is 392. The molecule has 0 spiro atoms. The van der Waals surface area contributed by atoms with E-state index in [0.717, 1.165) is 31.1 Å².